The lowest BCUT2D eigenvalue weighted by atomic mass is 10.2. The van der Waals surface area contributed by atoms with Crippen LogP contribution in [0.25, 0.3) is 0 Å². The molecule has 0 bridgehead atoms. The molecule has 0 radical (unpaired) electrons. The Labute approximate surface area is 119 Å². The molecular weight excluding hydrogens is 312 g/mol. The first-order valence-electron chi connectivity index (χ1n) is 5.65. The Kier molecular flexibility index (Phi) is 4.19. The van der Waals surface area contributed by atoms with E-state index in [2.05, 4.69) is 49.2 Å². The van der Waals surface area contributed by atoms with E-state index in [4.69, 9.17) is 5.73 Å². The van der Waals surface area contributed by atoms with Gasteiger partial charge in [-0.05, 0) is 39.4 Å². The topological polar surface area (TPSA) is 55.0 Å². The lowest BCUT2D eigenvalue weighted by Crippen LogP contribution is -2.20. The summed E-state index contributed by atoms with van der Waals surface area (Å²) in [5.41, 5.74) is 8.15. The van der Waals surface area contributed by atoms with Gasteiger partial charge >= 0.3 is 0 Å². The number of aromatic nitrogens is 2. The van der Waals surface area contributed by atoms with E-state index in [1.54, 1.807) is 11.3 Å². The molecule has 96 valence electrons. The van der Waals surface area contributed by atoms with Crippen molar-refractivity contribution in [1.82, 2.24) is 9.97 Å². The maximum Gasteiger partial charge on any atom is 0.137 e. The third-order valence-corrected chi connectivity index (χ3v) is 4.27. The Morgan fingerprint density at radius 1 is 1.44 bits per heavy atom. The van der Waals surface area contributed by atoms with Crippen molar-refractivity contribution in [3.8, 4) is 0 Å². The van der Waals surface area contributed by atoms with Gasteiger partial charge in [0, 0.05) is 19.2 Å². The highest BCUT2D eigenvalue weighted by Crippen LogP contribution is 2.25. The van der Waals surface area contributed by atoms with Crippen LogP contribution in [0.15, 0.2) is 21.6 Å². The van der Waals surface area contributed by atoms with Crippen molar-refractivity contribution in [2.24, 2.45) is 0 Å². The van der Waals surface area contributed by atoms with Gasteiger partial charge in [0.2, 0.25) is 0 Å². The Morgan fingerprint density at radius 3 is 2.83 bits per heavy atom. The van der Waals surface area contributed by atoms with Crippen LogP contribution in [0, 0.1) is 0 Å². The summed E-state index contributed by atoms with van der Waals surface area (Å²) in [5, 5.41) is 2.14. The molecule has 0 amide bonds. The molecule has 6 heteroatoms. The second kappa shape index (κ2) is 5.67. The first-order valence-corrected chi connectivity index (χ1v) is 7.32. The van der Waals surface area contributed by atoms with E-state index in [0.29, 0.717) is 5.82 Å². The zero-order chi connectivity index (χ0) is 13.1. The number of anilines is 2. The summed E-state index contributed by atoms with van der Waals surface area (Å²) < 4.78 is 1.14. The van der Waals surface area contributed by atoms with Crippen LogP contribution in [0.5, 0.6) is 0 Å². The molecule has 0 fully saturated rings. The lowest BCUT2D eigenvalue weighted by Gasteiger charge is -2.20. The summed E-state index contributed by atoms with van der Waals surface area (Å²) in [6.07, 6.45) is 2.35. The number of nitrogens with zero attached hydrogens (tertiary/aromatic N) is 3. The predicted molar refractivity (Wildman–Crippen MR) is 79.9 cm³/mol. The lowest BCUT2D eigenvalue weighted by molar-refractivity contribution is 0.875. The van der Waals surface area contributed by atoms with Crippen LogP contribution >= 0.6 is 27.3 Å². The summed E-state index contributed by atoms with van der Waals surface area (Å²) in [6.45, 7) is 2.87. The van der Waals surface area contributed by atoms with Crippen molar-refractivity contribution in [3.05, 3.63) is 32.7 Å². The Balaban J connectivity index is 2.23. The average molecular weight is 327 g/mol. The Bertz CT molecular complexity index is 541. The molecule has 0 aliphatic carbocycles. The highest BCUT2D eigenvalue weighted by molar-refractivity contribution is 9.11. The first-order chi connectivity index (χ1) is 8.61. The molecule has 0 atom stereocenters. The minimum absolute atomic E-state index is 0.570. The van der Waals surface area contributed by atoms with Crippen molar-refractivity contribution in [2.45, 2.75) is 19.9 Å². The second-order valence-electron chi connectivity index (χ2n) is 4.03. The number of rotatable bonds is 4. The van der Waals surface area contributed by atoms with Gasteiger partial charge in [-0.1, -0.05) is 6.92 Å². The maximum atomic E-state index is 5.88. The second-order valence-corrected chi connectivity index (χ2v) is 6.32. The van der Waals surface area contributed by atoms with Crippen molar-refractivity contribution < 1.29 is 0 Å². The van der Waals surface area contributed by atoms with Crippen LogP contribution in [0.2, 0.25) is 0 Å². The van der Waals surface area contributed by atoms with Gasteiger partial charge in [-0.2, -0.15) is 0 Å². The largest absolute Gasteiger partial charge is 0.383 e. The molecule has 0 aliphatic rings. The zero-order valence-corrected chi connectivity index (χ0v) is 12.8. The maximum absolute atomic E-state index is 5.88. The van der Waals surface area contributed by atoms with Gasteiger partial charge in [-0.25, -0.2) is 9.97 Å². The number of nitrogen functional groups attached to an aromatic ring is 1. The first kappa shape index (κ1) is 13.3. The number of hydrogen-bond donors (Lipinski definition) is 1. The minimum atomic E-state index is 0.570. The summed E-state index contributed by atoms with van der Waals surface area (Å²) in [4.78, 5) is 10.5. The zero-order valence-electron chi connectivity index (χ0n) is 10.4. The molecule has 0 aliphatic heterocycles. The molecule has 0 spiro atoms. The van der Waals surface area contributed by atoms with E-state index < -0.39 is 0 Å². The predicted octanol–water partition coefficient (Wildman–Crippen LogP) is 3.08. The molecule has 0 aromatic carbocycles. The SMILES string of the molecule is CCc1c(N)ncnc1N(C)Cc1csc(Br)c1. The fourth-order valence-corrected chi connectivity index (χ4v) is 3.06. The van der Waals surface area contributed by atoms with Gasteiger partial charge in [0.15, 0.2) is 0 Å². The van der Waals surface area contributed by atoms with E-state index in [9.17, 15) is 0 Å². The van der Waals surface area contributed by atoms with Crippen LogP contribution in [-0.4, -0.2) is 17.0 Å². The number of hydrogen-bond acceptors (Lipinski definition) is 5. The van der Waals surface area contributed by atoms with E-state index >= 15 is 0 Å². The van der Waals surface area contributed by atoms with E-state index in [1.165, 1.54) is 11.9 Å². The third kappa shape index (κ3) is 2.81. The van der Waals surface area contributed by atoms with Crippen LogP contribution in [0.4, 0.5) is 11.6 Å². The van der Waals surface area contributed by atoms with Crippen LogP contribution in [-0.2, 0) is 13.0 Å². The monoisotopic (exact) mass is 326 g/mol. The summed E-state index contributed by atoms with van der Waals surface area (Å²) in [6, 6.07) is 2.12. The molecule has 0 saturated heterocycles. The summed E-state index contributed by atoms with van der Waals surface area (Å²) in [5.74, 6) is 1.48. The van der Waals surface area contributed by atoms with Gasteiger partial charge in [0.05, 0.1) is 3.79 Å². The molecule has 18 heavy (non-hydrogen) atoms. The van der Waals surface area contributed by atoms with Crippen molar-refractivity contribution in [1.29, 1.82) is 0 Å². The van der Waals surface area contributed by atoms with E-state index in [-0.39, 0.29) is 0 Å². The molecule has 2 aromatic heterocycles. The smallest absolute Gasteiger partial charge is 0.137 e. The number of halogens is 1. The molecule has 0 saturated carbocycles. The fraction of sp³-hybridized carbons (Fsp3) is 0.333. The highest BCUT2D eigenvalue weighted by atomic mass is 79.9. The number of thiophene rings is 1. The van der Waals surface area contributed by atoms with Crippen molar-refractivity contribution >= 4 is 38.9 Å². The minimum Gasteiger partial charge on any atom is -0.383 e. The normalized spacial score (nSPS) is 10.6. The van der Waals surface area contributed by atoms with Crippen molar-refractivity contribution in [2.75, 3.05) is 17.7 Å². The molecule has 4 nitrogen and oxygen atoms in total. The summed E-state index contributed by atoms with van der Waals surface area (Å²) >= 11 is 5.16. The quantitative estimate of drug-likeness (QED) is 0.938. The standard InChI is InChI=1S/C12H15BrN4S/c1-3-9-11(14)15-7-16-12(9)17(2)5-8-4-10(13)18-6-8/h4,6-7H,3,5H2,1-2H3,(H2,14,15,16). The Morgan fingerprint density at radius 2 is 2.22 bits per heavy atom. The molecule has 2 N–H and O–H groups in total. The summed E-state index contributed by atoms with van der Waals surface area (Å²) in [7, 11) is 2.02. The number of nitrogens with two attached hydrogens (primary N) is 1. The molecular formula is C12H15BrN4S. The fourth-order valence-electron chi connectivity index (χ4n) is 1.86. The van der Waals surface area contributed by atoms with Gasteiger partial charge in [-0.15, -0.1) is 11.3 Å². The van der Waals surface area contributed by atoms with Crippen LogP contribution < -0.4 is 10.6 Å². The molecule has 2 rings (SSSR count). The van der Waals surface area contributed by atoms with Gasteiger partial charge in [-0.3, -0.25) is 0 Å². The van der Waals surface area contributed by atoms with Gasteiger partial charge in [0.25, 0.3) is 0 Å². The van der Waals surface area contributed by atoms with E-state index in [1.807, 2.05) is 7.05 Å². The van der Waals surface area contributed by atoms with E-state index in [0.717, 1.165) is 28.1 Å². The van der Waals surface area contributed by atoms with Crippen LogP contribution in [0.3, 0.4) is 0 Å². The average Bonchev–Trinajstić information content (AvgIpc) is 2.74. The Hall–Kier alpha value is -1.14. The molecule has 0 unspecified atom stereocenters. The molecule has 2 aromatic rings. The third-order valence-electron chi connectivity index (χ3n) is 2.71. The van der Waals surface area contributed by atoms with Crippen molar-refractivity contribution in [3.63, 3.8) is 0 Å². The molecule has 2 heterocycles. The van der Waals surface area contributed by atoms with Gasteiger partial charge in [0.1, 0.15) is 18.0 Å². The highest BCUT2D eigenvalue weighted by Gasteiger charge is 2.12. The van der Waals surface area contributed by atoms with Crippen LogP contribution in [0.1, 0.15) is 18.1 Å². The van der Waals surface area contributed by atoms with Gasteiger partial charge < -0.3 is 10.6 Å².